The minimum absolute atomic E-state index is 0.485. The number of nitrogens with zero attached hydrogens (tertiary/aromatic N) is 2. The van der Waals surface area contributed by atoms with Gasteiger partial charge in [0.1, 0.15) is 0 Å². The highest BCUT2D eigenvalue weighted by Gasteiger charge is 2.25. The second-order valence-electron chi connectivity index (χ2n) is 14.4. The summed E-state index contributed by atoms with van der Waals surface area (Å²) in [5, 5.41) is 5.79. The number of nitrogens with one attached hydrogen (secondary N) is 2. The number of hydrogen-bond acceptors (Lipinski definition) is 4. The second kappa shape index (κ2) is 45.3. The normalized spacial score (nSPS) is 10.9. The van der Waals surface area contributed by atoms with Crippen molar-refractivity contribution in [1.82, 2.24) is 10.6 Å². The number of unbranched alkanes of at least 4 members (excludes halogenated alkanes) is 10. The molecule has 0 saturated heterocycles. The van der Waals surface area contributed by atoms with Crippen LogP contribution >= 0.6 is 24.4 Å². The van der Waals surface area contributed by atoms with E-state index in [4.69, 9.17) is 0 Å². The summed E-state index contributed by atoms with van der Waals surface area (Å²) in [5.41, 5.74) is 0. The zero-order valence-electron chi connectivity index (χ0n) is 35.7. The zero-order valence-corrected chi connectivity index (χ0v) is 39.0. The van der Waals surface area contributed by atoms with Crippen LogP contribution in [0.5, 0.6) is 0 Å². The Kier molecular flexibility index (Phi) is 51.5. The van der Waals surface area contributed by atoms with E-state index in [9.17, 15) is 0 Å². The van der Waals surface area contributed by atoms with E-state index in [-0.39, 0.29) is 0 Å². The first kappa shape index (κ1) is 56.9. The van der Waals surface area contributed by atoms with Crippen LogP contribution in [0, 0.1) is 0 Å². The SMILES string of the molecule is CCCCNC(=S)[S-].CCCCNC(=S)[S-].CCCC[N+](CCCC)(CCCC)CCCC.CCCC[N+](CCCC)(CCCC)CCCC. The molecule has 2 N–H and O–H groups in total. The van der Waals surface area contributed by atoms with E-state index in [1.165, 1.54) is 177 Å². The monoisotopic (exact) mass is 781 g/mol. The highest BCUT2D eigenvalue weighted by molar-refractivity contribution is 8.00. The summed E-state index contributed by atoms with van der Waals surface area (Å²) in [6.45, 7) is 36.2. The first-order valence-corrected chi connectivity index (χ1v) is 23.3. The molecule has 0 saturated carbocycles. The molecule has 0 unspecified atom stereocenters. The van der Waals surface area contributed by atoms with E-state index in [2.05, 4.69) is 130 Å². The van der Waals surface area contributed by atoms with Gasteiger partial charge in [-0.15, -0.1) is 0 Å². The molecule has 4 nitrogen and oxygen atoms in total. The molecule has 0 aliphatic rings. The molecule has 0 atom stereocenters. The van der Waals surface area contributed by atoms with Gasteiger partial charge in [0.15, 0.2) is 0 Å². The largest absolute Gasteiger partial charge is 0.412 e. The minimum Gasteiger partial charge on any atom is -0.412 e. The molecule has 0 spiro atoms. The lowest BCUT2D eigenvalue weighted by molar-refractivity contribution is -0.929. The third kappa shape index (κ3) is 42.6. The van der Waals surface area contributed by atoms with Gasteiger partial charge in [-0.1, -0.05) is 142 Å². The molecule has 0 amide bonds. The van der Waals surface area contributed by atoms with E-state index in [1.807, 2.05) is 0 Å². The van der Waals surface area contributed by atoms with Crippen molar-refractivity contribution >= 4 is 58.3 Å². The summed E-state index contributed by atoms with van der Waals surface area (Å²) in [5.74, 6) is 0. The molecule has 50 heavy (non-hydrogen) atoms. The second-order valence-corrected chi connectivity index (χ2v) is 16.6. The van der Waals surface area contributed by atoms with Gasteiger partial charge < -0.3 is 69.3 Å². The minimum atomic E-state index is 0.485. The maximum Gasteiger partial charge on any atom is 0.0786 e. The van der Waals surface area contributed by atoms with E-state index in [1.54, 1.807) is 0 Å². The van der Waals surface area contributed by atoms with Crippen LogP contribution in [0.15, 0.2) is 0 Å². The van der Waals surface area contributed by atoms with Gasteiger partial charge in [-0.2, -0.15) is 0 Å². The zero-order chi connectivity index (χ0) is 38.8. The van der Waals surface area contributed by atoms with Crippen LogP contribution in [-0.4, -0.2) is 83.1 Å². The van der Waals surface area contributed by atoms with Crippen molar-refractivity contribution in [2.75, 3.05) is 65.4 Å². The number of quaternary nitrogens is 2. The molecular formula is C42H92N4S4. The average Bonchev–Trinajstić information content (AvgIpc) is 3.11. The quantitative estimate of drug-likeness (QED) is 0.0326. The molecule has 0 heterocycles. The molecule has 304 valence electrons. The molecule has 0 aliphatic carbocycles. The van der Waals surface area contributed by atoms with E-state index in [0.717, 1.165) is 25.9 Å². The van der Waals surface area contributed by atoms with Crippen molar-refractivity contribution in [3.8, 4) is 0 Å². The summed E-state index contributed by atoms with van der Waals surface area (Å²) >= 11 is 18.5. The van der Waals surface area contributed by atoms with Crippen LogP contribution in [0.4, 0.5) is 0 Å². The number of rotatable bonds is 30. The van der Waals surface area contributed by atoms with Gasteiger partial charge in [-0.3, -0.25) is 0 Å². The fourth-order valence-corrected chi connectivity index (χ4v) is 6.43. The number of hydrogen-bond donors (Lipinski definition) is 2. The van der Waals surface area contributed by atoms with Crippen LogP contribution in [0.2, 0.25) is 0 Å². The fourth-order valence-electron chi connectivity index (χ4n) is 6.02. The molecule has 8 heteroatoms. The maximum absolute atomic E-state index is 4.61. The van der Waals surface area contributed by atoms with Crippen molar-refractivity contribution in [3.63, 3.8) is 0 Å². The number of thiocarbonyl (C=S) groups is 2. The molecule has 0 fully saturated rings. The van der Waals surface area contributed by atoms with E-state index < -0.39 is 0 Å². The van der Waals surface area contributed by atoms with Crippen LogP contribution in [0.25, 0.3) is 0 Å². The lowest BCUT2D eigenvalue weighted by Gasteiger charge is -2.39. The Labute approximate surface area is 339 Å². The smallest absolute Gasteiger partial charge is 0.0786 e. The maximum atomic E-state index is 4.61. The molecule has 0 radical (unpaired) electrons. The van der Waals surface area contributed by atoms with Crippen molar-refractivity contribution in [3.05, 3.63) is 0 Å². The van der Waals surface area contributed by atoms with Gasteiger partial charge in [0.25, 0.3) is 0 Å². The van der Waals surface area contributed by atoms with Crippen molar-refractivity contribution in [2.24, 2.45) is 0 Å². The molecule has 0 rings (SSSR count). The molecule has 0 aromatic rings. The summed E-state index contributed by atoms with van der Waals surface area (Å²) in [4.78, 5) is 0. The predicted molar refractivity (Wildman–Crippen MR) is 244 cm³/mol. The topological polar surface area (TPSA) is 24.1 Å². The van der Waals surface area contributed by atoms with Gasteiger partial charge >= 0.3 is 0 Å². The van der Waals surface area contributed by atoms with Gasteiger partial charge in [0, 0.05) is 13.1 Å². The first-order valence-electron chi connectivity index (χ1n) is 21.6. The first-order chi connectivity index (χ1) is 24.0. The van der Waals surface area contributed by atoms with Crippen LogP contribution < -0.4 is 10.6 Å². The summed E-state index contributed by atoms with van der Waals surface area (Å²) in [7, 11) is 0. The van der Waals surface area contributed by atoms with Crippen LogP contribution in [0.3, 0.4) is 0 Å². The van der Waals surface area contributed by atoms with Gasteiger partial charge in [0.2, 0.25) is 0 Å². The van der Waals surface area contributed by atoms with Crippen molar-refractivity contribution < 1.29 is 8.97 Å². The molecule has 0 aliphatic heterocycles. The molecule has 0 aromatic carbocycles. The Bertz CT molecular complexity index is 547. The predicted octanol–water partition coefficient (Wildman–Crippen LogP) is 12.4. The van der Waals surface area contributed by atoms with Crippen molar-refractivity contribution in [1.29, 1.82) is 0 Å². The third-order valence-electron chi connectivity index (χ3n) is 9.49. The van der Waals surface area contributed by atoms with Crippen LogP contribution in [-0.2, 0) is 25.3 Å². The Balaban J connectivity index is -0.000000300. The molecular weight excluding hydrogens is 689 g/mol. The Morgan fingerprint density at radius 3 is 0.620 bits per heavy atom. The summed E-state index contributed by atoms with van der Waals surface area (Å²) < 4.78 is 3.81. The van der Waals surface area contributed by atoms with E-state index in [0.29, 0.717) is 8.64 Å². The van der Waals surface area contributed by atoms with Gasteiger partial charge in [-0.05, 0) is 64.2 Å². The molecule has 0 aromatic heterocycles. The highest BCUT2D eigenvalue weighted by Crippen LogP contribution is 2.17. The lowest BCUT2D eigenvalue weighted by atomic mass is 10.1. The standard InChI is InChI=1S/2C16H36N.2C5H11NS2/c2*1-5-9-13-17(14-10-6-2,15-11-7-3)16-12-8-4;2*1-2-3-4-6-5(7)8/h2*5-16H2,1-4H3;2*2-4H2,1H3,(H2,6,7,8)/q2*+1;;/p-2. The third-order valence-corrected chi connectivity index (χ3v) is 10.1. The van der Waals surface area contributed by atoms with Gasteiger partial charge in [0.05, 0.1) is 52.4 Å². The summed E-state index contributed by atoms with van der Waals surface area (Å²) in [6.07, 6.45) is 26.8. The van der Waals surface area contributed by atoms with Gasteiger partial charge in [-0.25, -0.2) is 0 Å². The van der Waals surface area contributed by atoms with Crippen LogP contribution in [0.1, 0.15) is 198 Å². The summed E-state index contributed by atoms with van der Waals surface area (Å²) in [6, 6.07) is 0. The average molecular weight is 781 g/mol. The Hall–Kier alpha value is 0.140. The lowest BCUT2D eigenvalue weighted by Crippen LogP contribution is -2.50. The van der Waals surface area contributed by atoms with Crippen molar-refractivity contribution in [2.45, 2.75) is 198 Å². The fraction of sp³-hybridized carbons (Fsp3) is 0.952. The Morgan fingerprint density at radius 2 is 0.500 bits per heavy atom. The molecule has 0 bridgehead atoms. The van der Waals surface area contributed by atoms with E-state index >= 15 is 0 Å². The Morgan fingerprint density at radius 1 is 0.340 bits per heavy atom. The highest BCUT2D eigenvalue weighted by atomic mass is 32.1.